The summed E-state index contributed by atoms with van der Waals surface area (Å²) < 4.78 is 0. The van der Waals surface area contributed by atoms with Crippen LogP contribution in [0.3, 0.4) is 0 Å². The molecule has 16 heavy (non-hydrogen) atoms. The van der Waals surface area contributed by atoms with Gasteiger partial charge in [0.2, 0.25) is 0 Å². The summed E-state index contributed by atoms with van der Waals surface area (Å²) in [7, 11) is 1.96. The predicted molar refractivity (Wildman–Crippen MR) is 60.6 cm³/mol. The molecule has 0 aromatic carbocycles. The molecule has 1 aromatic rings. The summed E-state index contributed by atoms with van der Waals surface area (Å²) in [5.41, 5.74) is 6.22. The average Bonchev–Trinajstić information content (AvgIpc) is 2.25. The van der Waals surface area contributed by atoms with Crippen molar-refractivity contribution in [1.29, 1.82) is 0 Å². The number of rotatable bonds is 3. The molecule has 0 radical (unpaired) electrons. The highest BCUT2D eigenvalue weighted by Crippen LogP contribution is 2.28. The van der Waals surface area contributed by atoms with Crippen molar-refractivity contribution in [3.8, 4) is 0 Å². The third-order valence-electron chi connectivity index (χ3n) is 3.04. The first kappa shape index (κ1) is 10.7. The summed E-state index contributed by atoms with van der Waals surface area (Å²) in [4.78, 5) is 2.05. The normalized spacial score (nSPS) is 16.9. The fraction of sp³-hybridized carbons (Fsp3) is 0.500. The molecule has 6 heteroatoms. The number of oxime groups is 1. The first-order chi connectivity index (χ1) is 7.74. The fourth-order valence-corrected chi connectivity index (χ4v) is 1.79. The van der Waals surface area contributed by atoms with Crippen molar-refractivity contribution in [2.24, 2.45) is 10.9 Å². The predicted octanol–water partition coefficient (Wildman–Crippen LogP) is 0.560. The highest BCUT2D eigenvalue weighted by atomic mass is 16.4. The number of nitrogens with two attached hydrogens (primary N) is 1. The van der Waals surface area contributed by atoms with Crippen molar-refractivity contribution in [3.63, 3.8) is 0 Å². The summed E-state index contributed by atoms with van der Waals surface area (Å²) in [6, 6.07) is 2.19. The first-order valence-corrected chi connectivity index (χ1v) is 5.26. The molecule has 1 fully saturated rings. The van der Waals surface area contributed by atoms with Gasteiger partial charge in [0.25, 0.3) is 0 Å². The summed E-state index contributed by atoms with van der Waals surface area (Å²) in [6.45, 7) is 0. The van der Waals surface area contributed by atoms with Crippen LogP contribution < -0.4 is 10.6 Å². The quantitative estimate of drug-likeness (QED) is 0.337. The topological polar surface area (TPSA) is 87.6 Å². The third kappa shape index (κ3) is 1.78. The molecule has 1 saturated carbocycles. The molecular weight excluding hydrogens is 206 g/mol. The van der Waals surface area contributed by atoms with Gasteiger partial charge in [0, 0.05) is 13.1 Å². The number of nitrogens with zero attached hydrogens (tertiary/aromatic N) is 4. The van der Waals surface area contributed by atoms with E-state index in [1.165, 1.54) is 12.6 Å². The number of anilines is 1. The Bertz CT molecular complexity index is 402. The molecule has 0 aliphatic heterocycles. The Morgan fingerprint density at radius 1 is 1.62 bits per heavy atom. The van der Waals surface area contributed by atoms with E-state index in [9.17, 15) is 0 Å². The van der Waals surface area contributed by atoms with E-state index in [0.717, 1.165) is 12.8 Å². The van der Waals surface area contributed by atoms with Gasteiger partial charge < -0.3 is 15.8 Å². The van der Waals surface area contributed by atoms with Gasteiger partial charge in [-0.05, 0) is 25.3 Å². The van der Waals surface area contributed by atoms with E-state index in [-0.39, 0.29) is 5.84 Å². The van der Waals surface area contributed by atoms with Crippen LogP contribution in [0.1, 0.15) is 24.8 Å². The maximum absolute atomic E-state index is 8.70. The van der Waals surface area contributed by atoms with E-state index >= 15 is 0 Å². The number of aromatic nitrogens is 2. The largest absolute Gasteiger partial charge is 0.409 e. The Kier molecular flexibility index (Phi) is 2.89. The zero-order valence-electron chi connectivity index (χ0n) is 9.17. The Morgan fingerprint density at radius 2 is 2.38 bits per heavy atom. The summed E-state index contributed by atoms with van der Waals surface area (Å²) in [5.74, 6) is 0.735. The second-order valence-corrected chi connectivity index (χ2v) is 3.95. The Labute approximate surface area is 93.8 Å². The van der Waals surface area contributed by atoms with Crippen LogP contribution in [0.25, 0.3) is 0 Å². The smallest absolute Gasteiger partial charge is 0.173 e. The Hall–Kier alpha value is -1.85. The second kappa shape index (κ2) is 4.34. The lowest BCUT2D eigenvalue weighted by Crippen LogP contribution is -2.39. The molecule has 86 valence electrons. The van der Waals surface area contributed by atoms with E-state index in [0.29, 0.717) is 17.4 Å². The van der Waals surface area contributed by atoms with Gasteiger partial charge in [-0.1, -0.05) is 5.16 Å². The lowest BCUT2D eigenvalue weighted by atomic mass is 9.91. The Morgan fingerprint density at radius 3 is 2.94 bits per heavy atom. The van der Waals surface area contributed by atoms with Gasteiger partial charge in [0.15, 0.2) is 11.7 Å². The van der Waals surface area contributed by atoms with Crippen molar-refractivity contribution < 1.29 is 5.21 Å². The molecule has 0 spiro atoms. The van der Waals surface area contributed by atoms with Crippen LogP contribution in [0, 0.1) is 0 Å². The van der Waals surface area contributed by atoms with Crippen molar-refractivity contribution >= 4 is 11.7 Å². The summed E-state index contributed by atoms with van der Waals surface area (Å²) in [5, 5.41) is 19.6. The summed E-state index contributed by atoms with van der Waals surface area (Å²) in [6.07, 6.45) is 5.09. The number of hydrogen-bond donors (Lipinski definition) is 2. The van der Waals surface area contributed by atoms with Gasteiger partial charge in [0.1, 0.15) is 0 Å². The van der Waals surface area contributed by atoms with Crippen molar-refractivity contribution in [2.45, 2.75) is 25.3 Å². The van der Waals surface area contributed by atoms with Crippen LogP contribution in [0.4, 0.5) is 5.82 Å². The monoisotopic (exact) mass is 221 g/mol. The molecule has 0 bridgehead atoms. The molecule has 0 unspecified atom stereocenters. The van der Waals surface area contributed by atoms with Crippen LogP contribution in [-0.2, 0) is 0 Å². The van der Waals surface area contributed by atoms with Crippen LogP contribution in [0.15, 0.2) is 17.4 Å². The molecule has 0 amide bonds. The van der Waals surface area contributed by atoms with E-state index in [1.54, 1.807) is 6.07 Å². The minimum Gasteiger partial charge on any atom is -0.409 e. The van der Waals surface area contributed by atoms with Crippen LogP contribution in [0.2, 0.25) is 0 Å². The van der Waals surface area contributed by atoms with Crippen LogP contribution >= 0.6 is 0 Å². The van der Waals surface area contributed by atoms with E-state index in [1.807, 2.05) is 11.9 Å². The minimum absolute atomic E-state index is 0.0658. The molecular formula is C10H15N5O. The number of amidine groups is 1. The van der Waals surface area contributed by atoms with Crippen molar-refractivity contribution in [2.75, 3.05) is 11.9 Å². The van der Waals surface area contributed by atoms with Gasteiger partial charge >= 0.3 is 0 Å². The molecule has 1 aromatic heterocycles. The maximum atomic E-state index is 8.70. The summed E-state index contributed by atoms with van der Waals surface area (Å²) >= 11 is 0. The molecule has 3 N–H and O–H groups in total. The first-order valence-electron chi connectivity index (χ1n) is 5.26. The average molecular weight is 221 g/mol. The maximum Gasteiger partial charge on any atom is 0.173 e. The third-order valence-corrected chi connectivity index (χ3v) is 3.04. The lowest BCUT2D eigenvalue weighted by molar-refractivity contribution is 0.318. The molecule has 0 atom stereocenters. The zero-order valence-corrected chi connectivity index (χ0v) is 9.17. The highest BCUT2D eigenvalue weighted by Gasteiger charge is 2.25. The Balaban J connectivity index is 2.31. The SMILES string of the molecule is CN(c1nnccc1/C(N)=N/O)C1CCC1. The lowest BCUT2D eigenvalue weighted by Gasteiger charge is -2.35. The molecule has 1 aliphatic rings. The van der Waals surface area contributed by atoms with Gasteiger partial charge in [-0.3, -0.25) is 0 Å². The van der Waals surface area contributed by atoms with Gasteiger partial charge in [0.05, 0.1) is 11.8 Å². The van der Waals surface area contributed by atoms with Crippen LogP contribution in [0.5, 0.6) is 0 Å². The highest BCUT2D eigenvalue weighted by molar-refractivity contribution is 6.01. The van der Waals surface area contributed by atoms with Gasteiger partial charge in [-0.25, -0.2) is 0 Å². The van der Waals surface area contributed by atoms with Gasteiger partial charge in [-0.15, -0.1) is 5.10 Å². The molecule has 0 saturated heterocycles. The van der Waals surface area contributed by atoms with E-state index in [4.69, 9.17) is 10.9 Å². The van der Waals surface area contributed by atoms with Gasteiger partial charge in [-0.2, -0.15) is 5.10 Å². The molecule has 6 nitrogen and oxygen atoms in total. The molecule has 1 heterocycles. The fourth-order valence-electron chi connectivity index (χ4n) is 1.79. The molecule has 1 aliphatic carbocycles. The number of hydrogen-bond acceptors (Lipinski definition) is 5. The van der Waals surface area contributed by atoms with Crippen molar-refractivity contribution in [3.05, 3.63) is 17.8 Å². The molecule has 2 rings (SSSR count). The minimum atomic E-state index is 0.0658. The van der Waals surface area contributed by atoms with Crippen LogP contribution in [-0.4, -0.2) is 34.3 Å². The zero-order chi connectivity index (χ0) is 11.5. The standard InChI is InChI=1S/C10H15N5O/c1-15(7-3-2-4-7)10-8(9(11)14-16)5-6-12-13-10/h5-7,16H,2-4H2,1H3,(H2,11,14). The van der Waals surface area contributed by atoms with E-state index in [2.05, 4.69) is 15.4 Å². The second-order valence-electron chi connectivity index (χ2n) is 3.95. The van der Waals surface area contributed by atoms with E-state index < -0.39 is 0 Å². The van der Waals surface area contributed by atoms with Crippen molar-refractivity contribution in [1.82, 2.24) is 10.2 Å².